The third kappa shape index (κ3) is 9.65. The van der Waals surface area contributed by atoms with Crippen molar-refractivity contribution >= 4 is 8.07 Å². The average molecular weight is 198 g/mol. The van der Waals surface area contributed by atoms with Gasteiger partial charge in [-0.05, 0) is 18.8 Å². The van der Waals surface area contributed by atoms with Gasteiger partial charge in [0.05, 0.1) is 0 Å². The Bertz CT molecular complexity index is 192. The molecule has 76 valence electrons. The lowest BCUT2D eigenvalue weighted by Crippen LogP contribution is -2.18. The van der Waals surface area contributed by atoms with Gasteiger partial charge >= 0.3 is 0 Å². The maximum absolute atomic E-state index is 9.51. The van der Waals surface area contributed by atoms with Crippen LogP contribution in [-0.2, 0) is 0 Å². The number of hydrogen-bond donors (Lipinski definition) is 1. The van der Waals surface area contributed by atoms with Gasteiger partial charge in [-0.1, -0.05) is 39.4 Å². The molecule has 0 saturated carbocycles. The highest BCUT2D eigenvalue weighted by atomic mass is 28.3. The van der Waals surface area contributed by atoms with E-state index >= 15 is 0 Å². The van der Waals surface area contributed by atoms with E-state index < -0.39 is 14.2 Å². The van der Waals surface area contributed by atoms with Crippen LogP contribution in [0.4, 0.5) is 0 Å². The minimum absolute atomic E-state index is 0.408. The van der Waals surface area contributed by atoms with Gasteiger partial charge in [-0.3, -0.25) is 0 Å². The summed E-state index contributed by atoms with van der Waals surface area (Å²) in [7, 11) is -1.30. The van der Waals surface area contributed by atoms with Crippen molar-refractivity contribution in [2.24, 2.45) is 5.92 Å². The maximum Gasteiger partial charge on any atom is 0.129 e. The predicted octanol–water partition coefficient (Wildman–Crippen LogP) is 2.66. The zero-order valence-corrected chi connectivity index (χ0v) is 10.5. The summed E-state index contributed by atoms with van der Waals surface area (Å²) in [5.41, 5.74) is 3.18. The molecule has 0 aromatic carbocycles. The van der Waals surface area contributed by atoms with Crippen LogP contribution >= 0.6 is 0 Å². The van der Waals surface area contributed by atoms with Gasteiger partial charge in [0.1, 0.15) is 14.2 Å². The van der Waals surface area contributed by atoms with Gasteiger partial charge < -0.3 is 5.11 Å². The lowest BCUT2D eigenvalue weighted by molar-refractivity contribution is 0.212. The molecule has 0 heterocycles. The molecular weight excluding hydrogens is 176 g/mol. The molecule has 0 fully saturated rings. The molecule has 1 nitrogen and oxygen atoms in total. The normalized spacial score (nSPS) is 13.8. The Morgan fingerprint density at radius 2 is 1.69 bits per heavy atom. The zero-order valence-electron chi connectivity index (χ0n) is 9.52. The van der Waals surface area contributed by atoms with Gasteiger partial charge in [0.25, 0.3) is 0 Å². The fraction of sp³-hybridized carbons (Fsp3) is 0.818. The van der Waals surface area contributed by atoms with E-state index in [-0.39, 0.29) is 0 Å². The monoisotopic (exact) mass is 198 g/mol. The highest BCUT2D eigenvalue weighted by Crippen LogP contribution is 2.06. The van der Waals surface area contributed by atoms with E-state index in [1.165, 1.54) is 0 Å². The van der Waals surface area contributed by atoms with Crippen LogP contribution in [0.1, 0.15) is 26.7 Å². The summed E-state index contributed by atoms with van der Waals surface area (Å²) in [6.07, 6.45) is 1.46. The number of aliphatic hydroxyl groups is 1. The van der Waals surface area contributed by atoms with Crippen LogP contribution in [-0.4, -0.2) is 19.3 Å². The Labute approximate surface area is 83.6 Å². The van der Waals surface area contributed by atoms with Gasteiger partial charge in [0, 0.05) is 0 Å². The van der Waals surface area contributed by atoms with E-state index in [0.29, 0.717) is 5.92 Å². The molecule has 0 bridgehead atoms. The molecule has 1 unspecified atom stereocenters. The summed E-state index contributed by atoms with van der Waals surface area (Å²) in [5, 5.41) is 9.51. The largest absolute Gasteiger partial charge is 0.380 e. The average Bonchev–Trinajstić information content (AvgIpc) is 1.95. The van der Waals surface area contributed by atoms with E-state index in [1.807, 2.05) is 0 Å². The minimum atomic E-state index is -1.30. The van der Waals surface area contributed by atoms with Crippen LogP contribution < -0.4 is 0 Å². The lowest BCUT2D eigenvalue weighted by atomic mass is 10.1. The zero-order chi connectivity index (χ0) is 10.5. The van der Waals surface area contributed by atoms with Crippen molar-refractivity contribution in [3.05, 3.63) is 0 Å². The Hall–Kier alpha value is -0.263. The van der Waals surface area contributed by atoms with Crippen molar-refractivity contribution in [3.8, 4) is 11.5 Å². The Balaban J connectivity index is 3.84. The molecule has 1 N–H and O–H groups in total. The molecule has 0 amide bonds. The highest BCUT2D eigenvalue weighted by Gasteiger charge is 2.08. The Morgan fingerprint density at radius 3 is 2.08 bits per heavy atom. The van der Waals surface area contributed by atoms with Crippen molar-refractivity contribution in [1.29, 1.82) is 0 Å². The van der Waals surface area contributed by atoms with Crippen molar-refractivity contribution in [2.75, 3.05) is 0 Å². The molecule has 0 aromatic rings. The van der Waals surface area contributed by atoms with Crippen LogP contribution in [0.3, 0.4) is 0 Å². The fourth-order valence-corrected chi connectivity index (χ4v) is 1.46. The van der Waals surface area contributed by atoms with Crippen molar-refractivity contribution < 1.29 is 5.11 Å². The van der Waals surface area contributed by atoms with Gasteiger partial charge in [-0.2, -0.15) is 0 Å². The van der Waals surface area contributed by atoms with E-state index in [4.69, 9.17) is 0 Å². The smallest absolute Gasteiger partial charge is 0.129 e. The van der Waals surface area contributed by atoms with Gasteiger partial charge in [-0.15, -0.1) is 5.54 Å². The standard InChI is InChI=1S/C11H22OSi/c1-10(2)6-7-11(12)8-9-13(3,4)5/h10-12H,6-7H2,1-5H3. The summed E-state index contributed by atoms with van der Waals surface area (Å²) in [6.45, 7) is 10.9. The third-order valence-electron chi connectivity index (χ3n) is 1.63. The molecular formula is C11H22OSi. The molecule has 13 heavy (non-hydrogen) atoms. The first-order valence-electron chi connectivity index (χ1n) is 5.02. The molecule has 0 rings (SSSR count). The number of aliphatic hydroxyl groups excluding tert-OH is 1. The molecule has 0 saturated heterocycles. The Morgan fingerprint density at radius 1 is 1.15 bits per heavy atom. The second-order valence-electron chi connectivity index (χ2n) is 5.01. The summed E-state index contributed by atoms with van der Waals surface area (Å²) in [5.74, 6) is 3.60. The maximum atomic E-state index is 9.51. The summed E-state index contributed by atoms with van der Waals surface area (Å²) in [4.78, 5) is 0. The second kappa shape index (κ2) is 5.46. The van der Waals surface area contributed by atoms with Crippen LogP contribution in [0.15, 0.2) is 0 Å². The molecule has 0 aromatic heterocycles. The van der Waals surface area contributed by atoms with Crippen molar-refractivity contribution in [3.63, 3.8) is 0 Å². The first-order chi connectivity index (χ1) is 5.81. The van der Waals surface area contributed by atoms with Crippen LogP contribution in [0.5, 0.6) is 0 Å². The lowest BCUT2D eigenvalue weighted by Gasteiger charge is -2.08. The fourth-order valence-electron chi connectivity index (χ4n) is 0.863. The number of hydrogen-bond acceptors (Lipinski definition) is 1. The Kier molecular flexibility index (Phi) is 5.35. The van der Waals surface area contributed by atoms with Crippen molar-refractivity contribution in [2.45, 2.75) is 52.4 Å². The number of rotatable bonds is 3. The molecule has 1 atom stereocenters. The summed E-state index contributed by atoms with van der Waals surface area (Å²) < 4.78 is 0. The molecule has 0 aliphatic carbocycles. The molecule has 0 aliphatic heterocycles. The SMILES string of the molecule is CC(C)CCC(O)C#C[Si](C)(C)C. The molecule has 2 heteroatoms. The van der Waals surface area contributed by atoms with Crippen LogP contribution in [0.2, 0.25) is 19.6 Å². The van der Waals surface area contributed by atoms with E-state index in [0.717, 1.165) is 12.8 Å². The van der Waals surface area contributed by atoms with E-state index in [2.05, 4.69) is 45.0 Å². The van der Waals surface area contributed by atoms with E-state index in [9.17, 15) is 5.11 Å². The van der Waals surface area contributed by atoms with E-state index in [1.54, 1.807) is 0 Å². The van der Waals surface area contributed by atoms with Crippen LogP contribution in [0.25, 0.3) is 0 Å². The van der Waals surface area contributed by atoms with Gasteiger partial charge in [0.15, 0.2) is 0 Å². The minimum Gasteiger partial charge on any atom is -0.380 e. The topological polar surface area (TPSA) is 20.2 Å². The van der Waals surface area contributed by atoms with Gasteiger partial charge in [-0.25, -0.2) is 0 Å². The first kappa shape index (κ1) is 12.7. The second-order valence-corrected chi connectivity index (χ2v) is 9.76. The van der Waals surface area contributed by atoms with Crippen molar-refractivity contribution in [1.82, 2.24) is 0 Å². The quantitative estimate of drug-likeness (QED) is 0.546. The third-order valence-corrected chi connectivity index (χ3v) is 2.53. The molecule has 0 radical (unpaired) electrons. The predicted molar refractivity (Wildman–Crippen MR) is 61.2 cm³/mol. The van der Waals surface area contributed by atoms with Crippen LogP contribution in [0, 0.1) is 17.4 Å². The highest BCUT2D eigenvalue weighted by molar-refractivity contribution is 6.83. The molecule has 0 aliphatic rings. The summed E-state index contributed by atoms with van der Waals surface area (Å²) in [6, 6.07) is 0. The molecule has 0 spiro atoms. The van der Waals surface area contributed by atoms with Gasteiger partial charge in [0.2, 0.25) is 0 Å². The first-order valence-corrected chi connectivity index (χ1v) is 8.52. The summed E-state index contributed by atoms with van der Waals surface area (Å²) >= 11 is 0.